The van der Waals surface area contributed by atoms with E-state index in [0.717, 1.165) is 28.2 Å². The summed E-state index contributed by atoms with van der Waals surface area (Å²) in [5.74, 6) is 1.63. The monoisotopic (exact) mass is 405 g/mol. The third-order valence-electron chi connectivity index (χ3n) is 6.04. The van der Waals surface area contributed by atoms with Gasteiger partial charge in [0.15, 0.2) is 5.78 Å². The number of fused-ring (bicyclic) bond motifs is 1. The van der Waals surface area contributed by atoms with Gasteiger partial charge in [-0.3, -0.25) is 9.59 Å². The normalized spacial score (nSPS) is 17.7. The van der Waals surface area contributed by atoms with Crippen LogP contribution in [0.25, 0.3) is 6.08 Å². The highest BCUT2D eigenvalue weighted by atomic mass is 16.5. The zero-order valence-corrected chi connectivity index (χ0v) is 17.7. The van der Waals surface area contributed by atoms with Crippen molar-refractivity contribution in [3.8, 4) is 11.5 Å². The first-order chi connectivity index (χ1) is 14.4. The molecule has 156 valence electrons. The summed E-state index contributed by atoms with van der Waals surface area (Å²) in [6.45, 7) is 5.15. The van der Waals surface area contributed by atoms with Crippen molar-refractivity contribution < 1.29 is 19.1 Å². The number of hydrogen-bond donors (Lipinski definition) is 0. The van der Waals surface area contributed by atoms with Gasteiger partial charge in [-0.05, 0) is 54.8 Å². The number of methoxy groups -OCH3 is 1. The lowest BCUT2D eigenvalue weighted by Gasteiger charge is -2.44. The molecule has 0 saturated carbocycles. The Morgan fingerprint density at radius 3 is 2.50 bits per heavy atom. The van der Waals surface area contributed by atoms with Crippen LogP contribution in [0.2, 0.25) is 0 Å². The molecule has 2 aromatic rings. The Kier molecular flexibility index (Phi) is 5.37. The number of ketones is 1. The van der Waals surface area contributed by atoms with E-state index in [1.54, 1.807) is 13.2 Å². The van der Waals surface area contributed by atoms with Gasteiger partial charge in [0.2, 0.25) is 5.91 Å². The van der Waals surface area contributed by atoms with Crippen LogP contribution in [0.4, 0.5) is 0 Å². The first-order valence-electron chi connectivity index (χ1n) is 10.3. The van der Waals surface area contributed by atoms with Crippen molar-refractivity contribution in [3.05, 3.63) is 64.7 Å². The van der Waals surface area contributed by atoms with Gasteiger partial charge in [0.25, 0.3) is 0 Å². The topological polar surface area (TPSA) is 55.8 Å². The second kappa shape index (κ2) is 7.98. The summed E-state index contributed by atoms with van der Waals surface area (Å²) in [7, 11) is 1.63. The number of likely N-dealkylation sites (tertiary alicyclic amines) is 1. The van der Waals surface area contributed by atoms with Crippen LogP contribution in [0.15, 0.2) is 42.5 Å². The molecule has 0 unspecified atom stereocenters. The predicted octanol–water partition coefficient (Wildman–Crippen LogP) is 4.35. The fourth-order valence-corrected chi connectivity index (χ4v) is 4.34. The van der Waals surface area contributed by atoms with Gasteiger partial charge in [-0.15, -0.1) is 0 Å². The van der Waals surface area contributed by atoms with E-state index in [2.05, 4.69) is 0 Å². The Balaban J connectivity index is 1.41. The van der Waals surface area contributed by atoms with E-state index in [9.17, 15) is 9.59 Å². The molecular formula is C25H27NO4. The number of carbonyl (C=O) groups is 2. The van der Waals surface area contributed by atoms with Crippen LogP contribution >= 0.6 is 0 Å². The second-order valence-corrected chi connectivity index (χ2v) is 8.28. The predicted molar refractivity (Wildman–Crippen MR) is 116 cm³/mol. The Bertz CT molecular complexity index is 999. The Labute approximate surface area is 177 Å². The van der Waals surface area contributed by atoms with Crippen LogP contribution in [-0.4, -0.2) is 42.4 Å². The Morgan fingerprint density at radius 2 is 1.83 bits per heavy atom. The number of rotatable bonds is 3. The van der Waals surface area contributed by atoms with Crippen molar-refractivity contribution in [2.75, 3.05) is 20.2 Å². The molecule has 0 aromatic heterocycles. The number of carbonyl (C=O) groups excluding carboxylic acids is 2. The first kappa shape index (κ1) is 20.2. The summed E-state index contributed by atoms with van der Waals surface area (Å²) in [4.78, 5) is 27.3. The number of hydrogen-bond acceptors (Lipinski definition) is 4. The maximum absolute atomic E-state index is 12.8. The van der Waals surface area contributed by atoms with Gasteiger partial charge in [-0.1, -0.05) is 18.2 Å². The molecule has 5 nitrogen and oxygen atoms in total. The summed E-state index contributed by atoms with van der Waals surface area (Å²) in [5.41, 5.74) is 3.21. The SMILES string of the molecule is COc1ccc(/C=C/C(=O)N2CCC3(CC2)CC(=O)c2cc(C)cc(C)c2O3)cc1. The number of amides is 1. The molecule has 0 N–H and O–H groups in total. The van der Waals surface area contributed by atoms with E-state index in [1.165, 1.54) is 0 Å². The maximum atomic E-state index is 12.8. The maximum Gasteiger partial charge on any atom is 0.246 e. The van der Waals surface area contributed by atoms with E-state index in [-0.39, 0.29) is 11.7 Å². The second-order valence-electron chi connectivity index (χ2n) is 8.28. The molecule has 4 rings (SSSR count). The lowest BCUT2D eigenvalue weighted by atomic mass is 9.81. The fraction of sp³-hybridized carbons (Fsp3) is 0.360. The van der Waals surface area contributed by atoms with Crippen LogP contribution in [0.5, 0.6) is 11.5 Å². The third-order valence-corrected chi connectivity index (χ3v) is 6.04. The highest BCUT2D eigenvalue weighted by molar-refractivity contribution is 6.01. The van der Waals surface area contributed by atoms with Gasteiger partial charge in [0.1, 0.15) is 17.1 Å². The zero-order chi connectivity index (χ0) is 21.3. The van der Waals surface area contributed by atoms with Crippen LogP contribution in [0.1, 0.15) is 46.3 Å². The van der Waals surface area contributed by atoms with Crippen molar-refractivity contribution >= 4 is 17.8 Å². The van der Waals surface area contributed by atoms with Crippen molar-refractivity contribution in [2.24, 2.45) is 0 Å². The van der Waals surface area contributed by atoms with Gasteiger partial charge in [-0.25, -0.2) is 0 Å². The standard InChI is InChI=1S/C25H27NO4/c1-17-14-18(2)24-21(15-17)22(27)16-25(30-24)10-12-26(13-11-25)23(28)9-6-19-4-7-20(29-3)8-5-19/h4-9,14-15H,10-13,16H2,1-3H3/b9-6+. The van der Waals surface area contributed by atoms with Crippen LogP contribution < -0.4 is 9.47 Å². The van der Waals surface area contributed by atoms with Crippen molar-refractivity contribution in [1.29, 1.82) is 0 Å². The third kappa shape index (κ3) is 3.97. The molecule has 1 spiro atoms. The summed E-state index contributed by atoms with van der Waals surface area (Å²) in [6.07, 6.45) is 5.12. The lowest BCUT2D eigenvalue weighted by molar-refractivity contribution is -0.129. The molecule has 2 aliphatic heterocycles. The Morgan fingerprint density at radius 1 is 1.13 bits per heavy atom. The van der Waals surface area contributed by atoms with Gasteiger partial charge < -0.3 is 14.4 Å². The molecule has 2 heterocycles. The lowest BCUT2D eigenvalue weighted by Crippen LogP contribution is -2.52. The number of piperidine rings is 1. The smallest absolute Gasteiger partial charge is 0.246 e. The van der Waals surface area contributed by atoms with Crippen molar-refractivity contribution in [2.45, 2.75) is 38.7 Å². The van der Waals surface area contributed by atoms with E-state index in [0.29, 0.717) is 37.9 Å². The highest BCUT2D eigenvalue weighted by Crippen LogP contribution is 2.41. The molecule has 0 aliphatic carbocycles. The number of ether oxygens (including phenoxy) is 2. The summed E-state index contributed by atoms with van der Waals surface area (Å²) in [6, 6.07) is 11.5. The molecular weight excluding hydrogens is 378 g/mol. The van der Waals surface area contributed by atoms with Crippen LogP contribution in [0, 0.1) is 13.8 Å². The number of nitrogens with zero attached hydrogens (tertiary/aromatic N) is 1. The molecule has 2 aromatic carbocycles. The van der Waals surface area contributed by atoms with Crippen molar-refractivity contribution in [3.63, 3.8) is 0 Å². The number of benzene rings is 2. The highest BCUT2D eigenvalue weighted by Gasteiger charge is 2.44. The van der Waals surface area contributed by atoms with E-state index < -0.39 is 5.60 Å². The van der Waals surface area contributed by atoms with E-state index in [4.69, 9.17) is 9.47 Å². The molecule has 5 heteroatoms. The van der Waals surface area contributed by atoms with Crippen LogP contribution in [0.3, 0.4) is 0 Å². The Hall–Kier alpha value is -3.08. The minimum absolute atomic E-state index is 0.0185. The molecule has 0 bridgehead atoms. The van der Waals surface area contributed by atoms with E-state index in [1.807, 2.05) is 61.2 Å². The molecule has 0 radical (unpaired) electrons. The van der Waals surface area contributed by atoms with Crippen molar-refractivity contribution in [1.82, 2.24) is 4.90 Å². The van der Waals surface area contributed by atoms with Gasteiger partial charge in [-0.2, -0.15) is 0 Å². The summed E-state index contributed by atoms with van der Waals surface area (Å²) >= 11 is 0. The molecule has 30 heavy (non-hydrogen) atoms. The minimum atomic E-state index is -0.499. The molecule has 1 fully saturated rings. The fourth-order valence-electron chi connectivity index (χ4n) is 4.34. The van der Waals surface area contributed by atoms with Gasteiger partial charge in [0, 0.05) is 32.0 Å². The molecule has 1 amide bonds. The van der Waals surface area contributed by atoms with Crippen LogP contribution in [-0.2, 0) is 4.79 Å². The van der Waals surface area contributed by atoms with E-state index >= 15 is 0 Å². The first-order valence-corrected chi connectivity index (χ1v) is 10.3. The summed E-state index contributed by atoms with van der Waals surface area (Å²) < 4.78 is 11.6. The average Bonchev–Trinajstić information content (AvgIpc) is 2.74. The number of Topliss-reactive ketones (excluding diaryl/α,β-unsaturated/α-hetero) is 1. The quantitative estimate of drug-likeness (QED) is 0.713. The molecule has 2 aliphatic rings. The molecule has 0 atom stereocenters. The molecule has 1 saturated heterocycles. The average molecular weight is 405 g/mol. The largest absolute Gasteiger partial charge is 0.497 e. The zero-order valence-electron chi connectivity index (χ0n) is 17.7. The summed E-state index contributed by atoms with van der Waals surface area (Å²) in [5, 5.41) is 0. The number of aryl methyl sites for hydroxylation is 2. The minimum Gasteiger partial charge on any atom is -0.497 e. The van der Waals surface area contributed by atoms with Gasteiger partial charge >= 0.3 is 0 Å². The van der Waals surface area contributed by atoms with Gasteiger partial charge in [0.05, 0.1) is 19.1 Å².